The third-order valence-electron chi connectivity index (χ3n) is 4.41. The van der Waals surface area contributed by atoms with Crippen LogP contribution in [0, 0.1) is 18.3 Å². The number of carboxylic acid groups (broad SMARTS) is 1. The highest BCUT2D eigenvalue weighted by Gasteiger charge is 2.33. The molecule has 2 aromatic heterocycles. The first-order valence-corrected chi connectivity index (χ1v) is 10.5. The minimum Gasteiger partial charge on any atom is -0.480 e. The maximum Gasteiger partial charge on any atom is 0.416 e. The number of hydrogen-bond donors (Lipinski definition) is 2. The molecule has 2 N–H and O–H groups in total. The van der Waals surface area contributed by atoms with Crippen molar-refractivity contribution in [3.63, 3.8) is 0 Å². The van der Waals surface area contributed by atoms with Gasteiger partial charge in [0.2, 0.25) is 10.0 Å². The molecule has 1 aromatic carbocycles. The van der Waals surface area contributed by atoms with Gasteiger partial charge in [-0.05, 0) is 42.8 Å². The number of nitrogens with zero attached hydrogens (tertiary/aromatic N) is 2. The molecule has 0 radical (unpaired) electrons. The Kier molecular flexibility index (Phi) is 6.16. The molecular weight excluding hydrogens is 451 g/mol. The van der Waals surface area contributed by atoms with Gasteiger partial charge in [-0.1, -0.05) is 0 Å². The van der Waals surface area contributed by atoms with Crippen LogP contribution in [-0.2, 0) is 34.1 Å². The predicted molar refractivity (Wildman–Crippen MR) is 105 cm³/mol. The fourth-order valence-corrected chi connectivity index (χ4v) is 4.04. The summed E-state index contributed by atoms with van der Waals surface area (Å²) in [5, 5.41) is 18.2. The number of aliphatic carboxylic acids is 1. The monoisotopic (exact) mass is 467 g/mol. The molecule has 32 heavy (non-hydrogen) atoms. The second-order valence-corrected chi connectivity index (χ2v) is 8.61. The van der Waals surface area contributed by atoms with Crippen LogP contribution in [0.2, 0.25) is 0 Å². The van der Waals surface area contributed by atoms with Crippen molar-refractivity contribution in [1.29, 1.82) is 5.26 Å². The third-order valence-corrected chi connectivity index (χ3v) is 5.79. The van der Waals surface area contributed by atoms with Gasteiger partial charge in [0.1, 0.15) is 24.1 Å². The highest BCUT2D eigenvalue weighted by atomic mass is 32.2. The van der Waals surface area contributed by atoms with Gasteiger partial charge < -0.3 is 14.1 Å². The van der Waals surface area contributed by atoms with Crippen LogP contribution in [0.5, 0.6) is 0 Å². The molecule has 0 saturated carbocycles. The largest absolute Gasteiger partial charge is 0.480 e. The molecule has 0 amide bonds. The SMILES string of the molecule is Cc1ccc(CNS(=O)(=O)c2cc(-c3cn(CC(=O)O)cc3C#N)cc(C(F)(F)F)c2)o1. The van der Waals surface area contributed by atoms with Gasteiger partial charge in [0.15, 0.2) is 0 Å². The Labute approximate surface area is 180 Å². The van der Waals surface area contributed by atoms with E-state index in [1.165, 1.54) is 12.3 Å². The van der Waals surface area contributed by atoms with Crippen molar-refractivity contribution in [2.45, 2.75) is 31.1 Å². The van der Waals surface area contributed by atoms with Gasteiger partial charge in [-0.2, -0.15) is 18.4 Å². The first kappa shape index (κ1) is 23.1. The maximum absolute atomic E-state index is 13.5. The van der Waals surface area contributed by atoms with Crippen LogP contribution in [-0.4, -0.2) is 24.1 Å². The first-order valence-electron chi connectivity index (χ1n) is 8.98. The summed E-state index contributed by atoms with van der Waals surface area (Å²) >= 11 is 0. The standard InChI is InChI=1S/C20H16F3N3O5S/c1-12-2-3-16(31-12)8-25-32(29,30)17-5-13(4-15(6-17)20(21,22)23)18-10-26(11-19(27)28)9-14(18)7-24/h2-6,9-10,25H,8,11H2,1H3,(H,27,28). The van der Waals surface area contributed by atoms with E-state index >= 15 is 0 Å². The van der Waals surface area contributed by atoms with Gasteiger partial charge in [0, 0.05) is 18.0 Å². The third kappa shape index (κ3) is 5.19. The van der Waals surface area contributed by atoms with E-state index in [1.807, 2.05) is 0 Å². The zero-order chi connectivity index (χ0) is 23.7. The molecule has 3 aromatic rings. The highest BCUT2D eigenvalue weighted by molar-refractivity contribution is 7.89. The molecule has 12 heteroatoms. The van der Waals surface area contributed by atoms with E-state index < -0.39 is 39.2 Å². The van der Waals surface area contributed by atoms with Gasteiger partial charge in [-0.15, -0.1) is 0 Å². The van der Waals surface area contributed by atoms with Gasteiger partial charge in [0.05, 0.1) is 22.6 Å². The Morgan fingerprint density at radius 3 is 2.53 bits per heavy atom. The van der Waals surface area contributed by atoms with Crippen LogP contribution in [0.25, 0.3) is 11.1 Å². The topological polar surface area (TPSA) is 125 Å². The number of carboxylic acids is 1. The zero-order valence-electron chi connectivity index (χ0n) is 16.5. The summed E-state index contributed by atoms with van der Waals surface area (Å²) in [7, 11) is -4.39. The Balaban J connectivity index is 2.07. The van der Waals surface area contributed by atoms with E-state index in [1.54, 1.807) is 19.1 Å². The molecular formula is C20H16F3N3O5S. The van der Waals surface area contributed by atoms with Crippen LogP contribution in [0.15, 0.2) is 52.0 Å². The van der Waals surface area contributed by atoms with Crippen molar-refractivity contribution >= 4 is 16.0 Å². The normalized spacial score (nSPS) is 12.0. The summed E-state index contributed by atoms with van der Waals surface area (Å²) in [6.45, 7) is 0.851. The quantitative estimate of drug-likeness (QED) is 0.548. The van der Waals surface area contributed by atoms with Crippen molar-refractivity contribution in [2.24, 2.45) is 0 Å². The van der Waals surface area contributed by atoms with Gasteiger partial charge in [0.25, 0.3) is 0 Å². The number of hydrogen-bond acceptors (Lipinski definition) is 5. The van der Waals surface area contributed by atoms with Crippen LogP contribution in [0.3, 0.4) is 0 Å². The number of aromatic nitrogens is 1. The summed E-state index contributed by atoms with van der Waals surface area (Å²) in [4.78, 5) is 10.3. The number of sulfonamides is 1. The Morgan fingerprint density at radius 1 is 1.25 bits per heavy atom. The molecule has 0 aliphatic heterocycles. The minimum atomic E-state index is -4.87. The Hall–Kier alpha value is -3.56. The van der Waals surface area contributed by atoms with Gasteiger partial charge in [-0.3, -0.25) is 4.79 Å². The van der Waals surface area contributed by atoms with E-state index in [2.05, 4.69) is 4.72 Å². The maximum atomic E-state index is 13.5. The predicted octanol–water partition coefficient (Wildman–Crippen LogP) is 3.51. The average Bonchev–Trinajstić information content (AvgIpc) is 3.30. The molecule has 0 bridgehead atoms. The molecule has 2 heterocycles. The number of nitrogens with one attached hydrogen (secondary N) is 1. The number of halogens is 3. The molecule has 0 fully saturated rings. The van der Waals surface area contributed by atoms with Crippen LogP contribution in [0.1, 0.15) is 22.6 Å². The number of aryl methyl sites for hydroxylation is 1. The van der Waals surface area contributed by atoms with E-state index in [0.29, 0.717) is 17.9 Å². The summed E-state index contributed by atoms with van der Waals surface area (Å²) in [6.07, 6.45) is -2.53. The molecule has 3 rings (SSSR count). The summed E-state index contributed by atoms with van der Waals surface area (Å²) in [5.41, 5.74) is -1.57. The summed E-state index contributed by atoms with van der Waals surface area (Å²) in [6, 6.07) is 7.10. The number of furan rings is 1. The number of alkyl halides is 3. The van der Waals surface area contributed by atoms with Crippen molar-refractivity contribution in [3.05, 3.63) is 65.4 Å². The van der Waals surface area contributed by atoms with E-state index in [9.17, 15) is 31.6 Å². The molecule has 0 atom stereocenters. The number of benzene rings is 1. The van der Waals surface area contributed by atoms with Crippen LogP contribution < -0.4 is 4.72 Å². The van der Waals surface area contributed by atoms with Gasteiger partial charge >= 0.3 is 12.1 Å². The number of rotatable bonds is 7. The van der Waals surface area contributed by atoms with Crippen LogP contribution >= 0.6 is 0 Å². The molecule has 168 valence electrons. The van der Waals surface area contributed by atoms with Crippen LogP contribution in [0.4, 0.5) is 13.2 Å². The molecule has 8 nitrogen and oxygen atoms in total. The first-order chi connectivity index (χ1) is 14.9. The smallest absolute Gasteiger partial charge is 0.416 e. The number of nitriles is 1. The van der Waals surface area contributed by atoms with Gasteiger partial charge in [-0.25, -0.2) is 13.1 Å². The van der Waals surface area contributed by atoms with Crippen molar-refractivity contribution in [3.8, 4) is 17.2 Å². The molecule has 0 spiro atoms. The number of carbonyl (C=O) groups is 1. The summed E-state index contributed by atoms with van der Waals surface area (Å²) < 4.78 is 74.4. The van der Waals surface area contributed by atoms with E-state index in [4.69, 9.17) is 9.52 Å². The zero-order valence-corrected chi connectivity index (χ0v) is 17.3. The second-order valence-electron chi connectivity index (χ2n) is 6.84. The molecule has 0 aliphatic carbocycles. The lowest BCUT2D eigenvalue weighted by molar-refractivity contribution is -0.138. The van der Waals surface area contributed by atoms with Crippen molar-refractivity contribution in [1.82, 2.24) is 9.29 Å². The lowest BCUT2D eigenvalue weighted by atomic mass is 10.0. The van der Waals surface area contributed by atoms with Crippen molar-refractivity contribution < 1.29 is 35.9 Å². The lowest BCUT2D eigenvalue weighted by Gasteiger charge is -2.13. The Bertz CT molecular complexity index is 1320. The average molecular weight is 467 g/mol. The Morgan fingerprint density at radius 2 is 1.97 bits per heavy atom. The second kappa shape index (κ2) is 8.52. The lowest BCUT2D eigenvalue weighted by Crippen LogP contribution is -2.23. The molecule has 0 aliphatic rings. The molecule has 0 unspecified atom stereocenters. The molecule has 0 saturated heterocycles. The van der Waals surface area contributed by atoms with E-state index in [-0.39, 0.29) is 29.0 Å². The van der Waals surface area contributed by atoms with E-state index in [0.717, 1.165) is 16.8 Å². The summed E-state index contributed by atoms with van der Waals surface area (Å²) in [5.74, 6) is -0.410. The van der Waals surface area contributed by atoms with Crippen molar-refractivity contribution in [2.75, 3.05) is 0 Å². The highest BCUT2D eigenvalue weighted by Crippen LogP contribution is 2.35. The minimum absolute atomic E-state index is 0.0297. The fourth-order valence-electron chi connectivity index (χ4n) is 2.98. The fraction of sp³-hybridized carbons (Fsp3) is 0.200.